The smallest absolute Gasteiger partial charge is 0.0710 e. The third-order valence-electron chi connectivity index (χ3n) is 2.13. The molecule has 1 atom stereocenters. The molecule has 0 aliphatic heterocycles. The monoisotopic (exact) mass is 196 g/mol. The first kappa shape index (κ1) is 11.2. The number of hydrogen-bond donors (Lipinski definition) is 1. The van der Waals surface area contributed by atoms with Crippen molar-refractivity contribution in [3.63, 3.8) is 0 Å². The van der Waals surface area contributed by atoms with Crippen molar-refractivity contribution in [3.05, 3.63) is 17.5 Å². The lowest BCUT2D eigenvalue weighted by Gasteiger charge is -2.17. The molecule has 0 aliphatic rings. The van der Waals surface area contributed by atoms with Crippen molar-refractivity contribution >= 4 is 0 Å². The van der Waals surface area contributed by atoms with Crippen molar-refractivity contribution in [1.82, 2.24) is 9.78 Å². The van der Waals surface area contributed by atoms with Crippen molar-refractivity contribution < 1.29 is 5.11 Å². The van der Waals surface area contributed by atoms with E-state index in [1.54, 1.807) is 6.92 Å². The van der Waals surface area contributed by atoms with E-state index < -0.39 is 0 Å². The summed E-state index contributed by atoms with van der Waals surface area (Å²) < 4.78 is 1.82. The molecule has 0 spiro atoms. The van der Waals surface area contributed by atoms with Crippen LogP contribution in [0.5, 0.6) is 0 Å². The Bertz CT molecular complexity index is 308. The van der Waals surface area contributed by atoms with Crippen LogP contribution in [0.2, 0.25) is 0 Å². The van der Waals surface area contributed by atoms with E-state index in [1.807, 2.05) is 17.9 Å². The standard InChI is InChI=1S/C11H20N2O/c1-8(14)6-9-7-13(5)12-10(9)11(2,3)4/h7-8,14H,6H2,1-5H3/t8-/m0/s1. The van der Waals surface area contributed by atoms with Crippen LogP contribution >= 0.6 is 0 Å². The lowest BCUT2D eigenvalue weighted by atomic mass is 9.88. The fourth-order valence-corrected chi connectivity index (χ4v) is 1.64. The minimum Gasteiger partial charge on any atom is -0.393 e. The number of aliphatic hydroxyl groups excluding tert-OH is 1. The fraction of sp³-hybridized carbons (Fsp3) is 0.727. The molecule has 1 aromatic rings. The Morgan fingerprint density at radius 1 is 1.50 bits per heavy atom. The highest BCUT2D eigenvalue weighted by atomic mass is 16.3. The second-order valence-corrected chi connectivity index (χ2v) is 4.98. The maximum Gasteiger partial charge on any atom is 0.0710 e. The van der Waals surface area contributed by atoms with Crippen LogP contribution in [0.15, 0.2) is 6.20 Å². The van der Waals surface area contributed by atoms with Crippen molar-refractivity contribution in [1.29, 1.82) is 0 Å². The first-order chi connectivity index (χ1) is 6.30. The molecule has 0 saturated carbocycles. The van der Waals surface area contributed by atoms with Gasteiger partial charge in [-0.05, 0) is 12.5 Å². The lowest BCUT2D eigenvalue weighted by molar-refractivity contribution is 0.195. The van der Waals surface area contributed by atoms with Crippen molar-refractivity contribution in [2.75, 3.05) is 0 Å². The van der Waals surface area contributed by atoms with Crippen LogP contribution in [-0.2, 0) is 18.9 Å². The summed E-state index contributed by atoms with van der Waals surface area (Å²) in [6.07, 6.45) is 2.37. The molecule has 0 radical (unpaired) electrons. The quantitative estimate of drug-likeness (QED) is 0.781. The minimum atomic E-state index is -0.305. The summed E-state index contributed by atoms with van der Waals surface area (Å²) in [5, 5.41) is 13.8. The zero-order valence-corrected chi connectivity index (χ0v) is 9.70. The van der Waals surface area contributed by atoms with E-state index in [0.29, 0.717) is 6.42 Å². The van der Waals surface area contributed by atoms with Gasteiger partial charge in [0.1, 0.15) is 0 Å². The molecule has 0 saturated heterocycles. The SMILES string of the molecule is C[C@H](O)Cc1cn(C)nc1C(C)(C)C. The summed E-state index contributed by atoms with van der Waals surface area (Å²) in [6.45, 7) is 8.22. The number of aliphatic hydroxyl groups is 1. The first-order valence-electron chi connectivity index (χ1n) is 5.02. The molecule has 0 amide bonds. The van der Waals surface area contributed by atoms with E-state index in [-0.39, 0.29) is 11.5 Å². The summed E-state index contributed by atoms with van der Waals surface area (Å²) in [7, 11) is 1.92. The molecular formula is C11H20N2O. The lowest BCUT2D eigenvalue weighted by Crippen LogP contribution is -2.16. The van der Waals surface area contributed by atoms with Gasteiger partial charge in [0.15, 0.2) is 0 Å². The van der Waals surface area contributed by atoms with E-state index >= 15 is 0 Å². The highest BCUT2D eigenvalue weighted by molar-refractivity contribution is 5.24. The summed E-state index contributed by atoms with van der Waals surface area (Å²) in [5.74, 6) is 0. The molecule has 0 fully saturated rings. The van der Waals surface area contributed by atoms with E-state index in [0.717, 1.165) is 11.3 Å². The normalized spacial score (nSPS) is 14.4. The van der Waals surface area contributed by atoms with Gasteiger partial charge in [0, 0.05) is 25.1 Å². The van der Waals surface area contributed by atoms with Crippen LogP contribution in [0.4, 0.5) is 0 Å². The molecule has 0 aromatic carbocycles. The van der Waals surface area contributed by atoms with Crippen molar-refractivity contribution in [3.8, 4) is 0 Å². The van der Waals surface area contributed by atoms with Crippen molar-refractivity contribution in [2.45, 2.75) is 45.6 Å². The van der Waals surface area contributed by atoms with Gasteiger partial charge >= 0.3 is 0 Å². The van der Waals surface area contributed by atoms with E-state index in [9.17, 15) is 5.11 Å². The Kier molecular flexibility index (Phi) is 3.00. The van der Waals surface area contributed by atoms with E-state index in [4.69, 9.17) is 0 Å². The molecule has 0 bridgehead atoms. The number of aryl methyl sites for hydroxylation is 1. The topological polar surface area (TPSA) is 38.0 Å². The molecule has 14 heavy (non-hydrogen) atoms. The number of aromatic nitrogens is 2. The average molecular weight is 196 g/mol. The van der Waals surface area contributed by atoms with Gasteiger partial charge in [-0.3, -0.25) is 4.68 Å². The second kappa shape index (κ2) is 3.73. The average Bonchev–Trinajstić information content (AvgIpc) is 2.28. The molecule has 3 nitrogen and oxygen atoms in total. The highest BCUT2D eigenvalue weighted by Crippen LogP contribution is 2.24. The molecule has 1 N–H and O–H groups in total. The van der Waals surface area contributed by atoms with Gasteiger partial charge in [0.2, 0.25) is 0 Å². The maximum absolute atomic E-state index is 9.37. The first-order valence-corrected chi connectivity index (χ1v) is 5.02. The predicted molar refractivity (Wildman–Crippen MR) is 57.3 cm³/mol. The fourth-order valence-electron chi connectivity index (χ4n) is 1.64. The zero-order valence-electron chi connectivity index (χ0n) is 9.70. The molecule has 3 heteroatoms. The van der Waals surface area contributed by atoms with Gasteiger partial charge in [-0.1, -0.05) is 20.8 Å². The number of rotatable bonds is 2. The predicted octanol–water partition coefficient (Wildman–Crippen LogP) is 1.64. The summed E-state index contributed by atoms with van der Waals surface area (Å²) >= 11 is 0. The Labute approximate surface area is 85.8 Å². The Hall–Kier alpha value is -0.830. The molecule has 80 valence electrons. The zero-order chi connectivity index (χ0) is 10.9. The molecule has 0 aliphatic carbocycles. The summed E-state index contributed by atoms with van der Waals surface area (Å²) in [5.41, 5.74) is 2.28. The van der Waals surface area contributed by atoms with Crippen LogP contribution in [0.25, 0.3) is 0 Å². The maximum atomic E-state index is 9.37. The molecular weight excluding hydrogens is 176 g/mol. The van der Waals surface area contributed by atoms with Gasteiger partial charge in [-0.15, -0.1) is 0 Å². The Morgan fingerprint density at radius 2 is 2.07 bits per heavy atom. The number of nitrogens with zero attached hydrogens (tertiary/aromatic N) is 2. The van der Waals surface area contributed by atoms with Gasteiger partial charge in [0.05, 0.1) is 11.8 Å². The van der Waals surface area contributed by atoms with Gasteiger partial charge in [-0.2, -0.15) is 5.10 Å². The summed E-state index contributed by atoms with van der Waals surface area (Å²) in [4.78, 5) is 0. The number of hydrogen-bond acceptors (Lipinski definition) is 2. The minimum absolute atomic E-state index is 0.0471. The van der Waals surface area contributed by atoms with Crippen molar-refractivity contribution in [2.24, 2.45) is 7.05 Å². The van der Waals surface area contributed by atoms with E-state index in [2.05, 4.69) is 25.9 Å². The molecule has 1 rings (SSSR count). The van der Waals surface area contributed by atoms with Gasteiger partial charge < -0.3 is 5.11 Å². The second-order valence-electron chi connectivity index (χ2n) is 4.98. The van der Waals surface area contributed by atoms with Crippen LogP contribution < -0.4 is 0 Å². The van der Waals surface area contributed by atoms with Crippen LogP contribution in [0, 0.1) is 0 Å². The third kappa shape index (κ3) is 2.58. The third-order valence-corrected chi connectivity index (χ3v) is 2.13. The van der Waals surface area contributed by atoms with Crippen LogP contribution in [0.3, 0.4) is 0 Å². The van der Waals surface area contributed by atoms with E-state index in [1.165, 1.54) is 0 Å². The van der Waals surface area contributed by atoms with Gasteiger partial charge in [0.25, 0.3) is 0 Å². The highest BCUT2D eigenvalue weighted by Gasteiger charge is 2.22. The van der Waals surface area contributed by atoms with Gasteiger partial charge in [-0.25, -0.2) is 0 Å². The Morgan fingerprint density at radius 3 is 2.50 bits per heavy atom. The molecule has 1 heterocycles. The molecule has 1 aromatic heterocycles. The molecule has 0 unspecified atom stereocenters. The summed E-state index contributed by atoms with van der Waals surface area (Å²) in [6, 6.07) is 0. The largest absolute Gasteiger partial charge is 0.393 e. The van der Waals surface area contributed by atoms with Crippen LogP contribution in [0.1, 0.15) is 39.0 Å². The van der Waals surface area contributed by atoms with Crippen LogP contribution in [-0.4, -0.2) is 21.0 Å². The Balaban J connectivity index is 3.03.